The zero-order valence-corrected chi connectivity index (χ0v) is 16.2. The van der Waals surface area contributed by atoms with Gasteiger partial charge in [0.2, 0.25) is 0 Å². The fraction of sp³-hybridized carbons (Fsp3) is 0.294. The quantitative estimate of drug-likeness (QED) is 0.804. The molecule has 1 aliphatic heterocycles. The molecule has 0 aliphatic carbocycles. The molecule has 0 unspecified atom stereocenters. The largest absolute Gasteiger partial charge is 0.384 e. The lowest BCUT2D eigenvalue weighted by Gasteiger charge is -2.18. The molecule has 0 radical (unpaired) electrons. The Balaban J connectivity index is 1.90. The van der Waals surface area contributed by atoms with Crippen LogP contribution in [-0.2, 0) is 19.8 Å². The minimum Gasteiger partial charge on any atom is -0.384 e. The number of rotatable bonds is 3. The van der Waals surface area contributed by atoms with Gasteiger partial charge in [0.15, 0.2) is 5.78 Å². The molecule has 1 aliphatic rings. The highest BCUT2D eigenvalue weighted by molar-refractivity contribution is 8.39. The summed E-state index contributed by atoms with van der Waals surface area (Å²) in [7, 11) is 2.76. The minimum absolute atomic E-state index is 0.112. The summed E-state index contributed by atoms with van der Waals surface area (Å²) in [5, 5.41) is -0.556. The molecule has 2 aromatic rings. The van der Waals surface area contributed by atoms with Crippen molar-refractivity contribution in [2.24, 2.45) is 19.1 Å². The van der Waals surface area contributed by atoms with Crippen molar-refractivity contribution in [2.75, 3.05) is 5.73 Å². The number of carbonyl (C=O) groups excluding carboxylic acids is 1. The molecule has 1 aromatic carbocycles. The van der Waals surface area contributed by atoms with E-state index in [9.17, 15) is 14.4 Å². The van der Waals surface area contributed by atoms with Gasteiger partial charge in [0, 0.05) is 19.8 Å². The number of hydrogen-bond donors (Lipinski definition) is 1. The SMILES string of the molecule is C[C@H](SC1=Nc2ccccc2CS1)C(=O)c1c(N)n(C)c(=O)n(C)c1=O. The standard InChI is InChI=1S/C17H18N4O3S2/c1-9(26-16-19-11-7-5-4-6-10(11)8-25-16)13(22)12-14(18)20(2)17(24)21(3)15(12)23/h4-7,9H,8,18H2,1-3H3/t9-/m0/s1. The third kappa shape index (κ3) is 3.24. The Hall–Kier alpha value is -2.26. The number of carbonyl (C=O) groups is 1. The molecule has 0 saturated carbocycles. The van der Waals surface area contributed by atoms with E-state index in [-0.39, 0.29) is 11.4 Å². The number of para-hydroxylation sites is 1. The fourth-order valence-corrected chi connectivity index (χ4v) is 4.82. The van der Waals surface area contributed by atoms with Gasteiger partial charge < -0.3 is 5.73 Å². The van der Waals surface area contributed by atoms with Crippen LogP contribution in [0.15, 0.2) is 38.8 Å². The summed E-state index contributed by atoms with van der Waals surface area (Å²) < 4.78 is 2.77. The predicted molar refractivity (Wildman–Crippen MR) is 108 cm³/mol. The molecule has 7 nitrogen and oxygen atoms in total. The Morgan fingerprint density at radius 1 is 1.27 bits per heavy atom. The van der Waals surface area contributed by atoms with E-state index in [1.54, 1.807) is 18.7 Å². The van der Waals surface area contributed by atoms with Crippen LogP contribution in [0.1, 0.15) is 22.8 Å². The molecule has 26 heavy (non-hydrogen) atoms. The Labute approximate surface area is 158 Å². The molecule has 0 spiro atoms. The van der Waals surface area contributed by atoms with Crippen LogP contribution in [0.2, 0.25) is 0 Å². The zero-order valence-electron chi connectivity index (χ0n) is 14.6. The summed E-state index contributed by atoms with van der Waals surface area (Å²) in [6.07, 6.45) is 0. The average molecular weight is 390 g/mol. The van der Waals surface area contributed by atoms with Crippen LogP contribution in [0.5, 0.6) is 0 Å². The average Bonchev–Trinajstić information content (AvgIpc) is 2.64. The van der Waals surface area contributed by atoms with Crippen molar-refractivity contribution in [1.82, 2.24) is 9.13 Å². The summed E-state index contributed by atoms with van der Waals surface area (Å²) in [6.45, 7) is 1.71. The molecule has 1 atom stereocenters. The molecule has 0 amide bonds. The molecule has 2 N–H and O–H groups in total. The second-order valence-electron chi connectivity index (χ2n) is 5.89. The number of aromatic nitrogens is 2. The molecule has 0 saturated heterocycles. The zero-order chi connectivity index (χ0) is 19.0. The highest BCUT2D eigenvalue weighted by Crippen LogP contribution is 2.36. The van der Waals surface area contributed by atoms with Gasteiger partial charge in [0.05, 0.1) is 10.9 Å². The second kappa shape index (κ2) is 7.16. The van der Waals surface area contributed by atoms with Crippen LogP contribution in [0.4, 0.5) is 11.5 Å². The number of thioether (sulfide) groups is 2. The lowest BCUT2D eigenvalue weighted by atomic mass is 10.1. The van der Waals surface area contributed by atoms with E-state index in [1.165, 1.54) is 25.9 Å². The van der Waals surface area contributed by atoms with Gasteiger partial charge in [-0.25, -0.2) is 9.79 Å². The van der Waals surface area contributed by atoms with Gasteiger partial charge >= 0.3 is 5.69 Å². The van der Waals surface area contributed by atoms with E-state index in [0.717, 1.165) is 30.5 Å². The number of aliphatic imine (C=N–C) groups is 1. The first kappa shape index (κ1) is 18.5. The Morgan fingerprint density at radius 2 is 1.96 bits per heavy atom. The third-order valence-corrected chi connectivity index (χ3v) is 6.45. The lowest BCUT2D eigenvalue weighted by molar-refractivity contribution is 0.0992. The topological polar surface area (TPSA) is 99.4 Å². The lowest BCUT2D eigenvalue weighted by Crippen LogP contribution is -2.42. The Bertz CT molecular complexity index is 1040. The molecule has 0 fully saturated rings. The monoisotopic (exact) mass is 390 g/mol. The highest BCUT2D eigenvalue weighted by atomic mass is 32.2. The number of nitrogen functional groups attached to an aromatic ring is 1. The number of nitrogens with zero attached hydrogens (tertiary/aromatic N) is 3. The minimum atomic E-state index is -0.674. The first-order chi connectivity index (χ1) is 12.3. The van der Waals surface area contributed by atoms with E-state index in [1.807, 2.05) is 24.3 Å². The molecular formula is C17H18N4O3S2. The van der Waals surface area contributed by atoms with Gasteiger partial charge in [-0.1, -0.05) is 41.7 Å². The van der Waals surface area contributed by atoms with Crippen molar-refractivity contribution in [3.8, 4) is 0 Å². The van der Waals surface area contributed by atoms with Crippen molar-refractivity contribution in [3.05, 3.63) is 56.2 Å². The molecule has 3 rings (SSSR count). The van der Waals surface area contributed by atoms with Crippen LogP contribution >= 0.6 is 23.5 Å². The van der Waals surface area contributed by atoms with E-state index >= 15 is 0 Å². The summed E-state index contributed by atoms with van der Waals surface area (Å²) in [6, 6.07) is 7.85. The van der Waals surface area contributed by atoms with E-state index < -0.39 is 22.3 Å². The normalized spacial score (nSPS) is 14.5. The summed E-state index contributed by atoms with van der Waals surface area (Å²) >= 11 is 2.85. The van der Waals surface area contributed by atoms with E-state index in [0.29, 0.717) is 0 Å². The maximum atomic E-state index is 12.8. The van der Waals surface area contributed by atoms with Crippen molar-refractivity contribution in [3.63, 3.8) is 0 Å². The number of Topliss-reactive ketones (excluding diaryl/α,β-unsaturated/α-hetero) is 1. The smallest absolute Gasteiger partial charge is 0.332 e. The van der Waals surface area contributed by atoms with Gasteiger partial charge in [-0.15, -0.1) is 0 Å². The number of benzene rings is 1. The number of fused-ring (bicyclic) bond motifs is 1. The number of nitrogens with two attached hydrogens (primary N) is 1. The van der Waals surface area contributed by atoms with Crippen molar-refractivity contribution < 1.29 is 4.79 Å². The van der Waals surface area contributed by atoms with Gasteiger partial charge in [-0.2, -0.15) is 0 Å². The predicted octanol–water partition coefficient (Wildman–Crippen LogP) is 1.91. The van der Waals surface area contributed by atoms with Gasteiger partial charge in [0.1, 0.15) is 15.8 Å². The maximum absolute atomic E-state index is 12.8. The third-order valence-electron chi connectivity index (χ3n) is 4.16. The van der Waals surface area contributed by atoms with Crippen LogP contribution < -0.4 is 17.0 Å². The highest BCUT2D eigenvalue weighted by Gasteiger charge is 2.27. The maximum Gasteiger partial charge on any atom is 0.332 e. The number of anilines is 1. The van der Waals surface area contributed by atoms with Crippen molar-refractivity contribution >= 4 is 45.2 Å². The van der Waals surface area contributed by atoms with Crippen molar-refractivity contribution in [2.45, 2.75) is 17.9 Å². The van der Waals surface area contributed by atoms with Crippen molar-refractivity contribution in [1.29, 1.82) is 0 Å². The summed E-state index contributed by atoms with van der Waals surface area (Å²) in [4.78, 5) is 41.7. The Morgan fingerprint density at radius 3 is 2.69 bits per heavy atom. The second-order valence-corrected chi connectivity index (χ2v) is 8.44. The summed E-state index contributed by atoms with van der Waals surface area (Å²) in [5.74, 6) is 0.261. The van der Waals surface area contributed by atoms with Gasteiger partial charge in [-0.05, 0) is 18.6 Å². The first-order valence-corrected chi connectivity index (χ1v) is 9.73. The van der Waals surface area contributed by atoms with Crippen LogP contribution in [0, 0.1) is 0 Å². The Kier molecular flexibility index (Phi) is 5.10. The van der Waals surface area contributed by atoms with Crippen LogP contribution in [0.25, 0.3) is 0 Å². The van der Waals surface area contributed by atoms with Crippen LogP contribution in [0.3, 0.4) is 0 Å². The molecular weight excluding hydrogens is 372 g/mol. The molecule has 0 bridgehead atoms. The van der Waals surface area contributed by atoms with Gasteiger partial charge in [0.25, 0.3) is 5.56 Å². The number of hydrogen-bond acceptors (Lipinski definition) is 7. The van der Waals surface area contributed by atoms with Crippen LogP contribution in [-0.4, -0.2) is 24.5 Å². The van der Waals surface area contributed by atoms with E-state index in [4.69, 9.17) is 5.73 Å². The molecule has 2 heterocycles. The van der Waals surface area contributed by atoms with E-state index in [2.05, 4.69) is 4.99 Å². The molecule has 1 aromatic heterocycles. The van der Waals surface area contributed by atoms with Gasteiger partial charge in [-0.3, -0.25) is 18.7 Å². The molecule has 136 valence electrons. The fourth-order valence-electron chi connectivity index (χ4n) is 2.57. The first-order valence-electron chi connectivity index (χ1n) is 7.87. The molecule has 9 heteroatoms. The summed E-state index contributed by atoms with van der Waals surface area (Å²) in [5.41, 5.74) is 6.52. The number of ketones is 1.